The van der Waals surface area contributed by atoms with E-state index >= 15 is 0 Å². The molecule has 1 aliphatic carbocycles. The van der Waals surface area contributed by atoms with Crippen LogP contribution in [0.3, 0.4) is 0 Å². The largest absolute Gasteiger partial charge is 0.466 e. The smallest absolute Gasteiger partial charge is 0.306 e. The number of carbonyl (C=O) groups excluding carboxylic acids is 1. The van der Waals surface area contributed by atoms with Crippen LogP contribution in [0, 0.1) is 5.92 Å². The van der Waals surface area contributed by atoms with E-state index in [9.17, 15) is 4.79 Å². The fourth-order valence-corrected chi connectivity index (χ4v) is 3.59. The van der Waals surface area contributed by atoms with Crippen LogP contribution in [0.2, 0.25) is 0 Å². The zero-order valence-corrected chi connectivity index (χ0v) is 14.0. The van der Waals surface area contributed by atoms with Gasteiger partial charge in [0.25, 0.3) is 0 Å². The fraction of sp³-hybridized carbons (Fsp3) is 0.632. The number of nitrogens with one attached hydrogen (secondary N) is 1. The number of likely N-dealkylation sites (tertiary alicyclic amines) is 1. The molecule has 126 valence electrons. The van der Waals surface area contributed by atoms with Gasteiger partial charge in [-0.2, -0.15) is 0 Å². The predicted octanol–water partition coefficient (Wildman–Crippen LogP) is 2.58. The van der Waals surface area contributed by atoms with Crippen LogP contribution in [0.25, 0.3) is 0 Å². The van der Waals surface area contributed by atoms with Crippen LogP contribution < -0.4 is 5.32 Å². The van der Waals surface area contributed by atoms with Crippen molar-refractivity contribution >= 4 is 5.97 Å². The molecule has 2 atom stereocenters. The van der Waals surface area contributed by atoms with Crippen molar-refractivity contribution < 1.29 is 9.53 Å². The topological polar surface area (TPSA) is 41.6 Å². The molecule has 23 heavy (non-hydrogen) atoms. The minimum Gasteiger partial charge on any atom is -0.466 e. The Hall–Kier alpha value is -1.39. The number of nitrogens with zero attached hydrogens (tertiary/aromatic N) is 1. The fourth-order valence-electron chi connectivity index (χ4n) is 3.59. The third-order valence-corrected chi connectivity index (χ3v) is 4.83. The zero-order valence-electron chi connectivity index (χ0n) is 14.0. The predicted molar refractivity (Wildman–Crippen MR) is 91.0 cm³/mol. The highest BCUT2D eigenvalue weighted by Crippen LogP contribution is 2.32. The molecule has 3 rings (SSSR count). The van der Waals surface area contributed by atoms with Crippen molar-refractivity contribution in [1.82, 2.24) is 10.2 Å². The first-order chi connectivity index (χ1) is 11.2. The second kappa shape index (κ2) is 7.93. The Balaban J connectivity index is 1.54. The lowest BCUT2D eigenvalue weighted by atomic mass is 9.91. The normalized spacial score (nSPS) is 25.3. The van der Waals surface area contributed by atoms with E-state index in [2.05, 4.69) is 34.5 Å². The standard InChI is InChI=1S/C19H28N2O2/c1-2-23-19(22)11-16-10-17(14-21(13-16)18-8-9-18)20-12-15-6-4-3-5-7-15/h3-7,16-18,20H,2,8-14H2,1H3. The third-order valence-electron chi connectivity index (χ3n) is 4.83. The molecule has 1 heterocycles. The van der Waals surface area contributed by atoms with Crippen molar-refractivity contribution in [2.45, 2.75) is 51.2 Å². The molecule has 0 amide bonds. The van der Waals surface area contributed by atoms with Gasteiger partial charge in [0.05, 0.1) is 6.61 Å². The summed E-state index contributed by atoms with van der Waals surface area (Å²) in [6, 6.07) is 11.7. The molecule has 0 radical (unpaired) electrons. The van der Waals surface area contributed by atoms with Crippen LogP contribution in [0.5, 0.6) is 0 Å². The average Bonchev–Trinajstić information content (AvgIpc) is 3.39. The van der Waals surface area contributed by atoms with Gasteiger partial charge in [-0.1, -0.05) is 30.3 Å². The molecule has 1 aromatic carbocycles. The van der Waals surface area contributed by atoms with E-state index in [0.29, 0.717) is 25.0 Å². The average molecular weight is 316 g/mol. The molecule has 1 saturated carbocycles. The molecular weight excluding hydrogens is 288 g/mol. The van der Waals surface area contributed by atoms with Crippen molar-refractivity contribution in [1.29, 1.82) is 0 Å². The Morgan fingerprint density at radius 1 is 1.26 bits per heavy atom. The lowest BCUT2D eigenvalue weighted by Gasteiger charge is -2.38. The molecule has 0 aromatic heterocycles. The summed E-state index contributed by atoms with van der Waals surface area (Å²) in [5.74, 6) is 0.369. The highest BCUT2D eigenvalue weighted by atomic mass is 16.5. The molecule has 1 N–H and O–H groups in total. The molecule has 1 saturated heterocycles. The van der Waals surface area contributed by atoms with Crippen molar-refractivity contribution in [3.05, 3.63) is 35.9 Å². The first-order valence-corrected chi connectivity index (χ1v) is 8.91. The zero-order chi connectivity index (χ0) is 16.1. The van der Waals surface area contributed by atoms with Gasteiger partial charge >= 0.3 is 5.97 Å². The van der Waals surface area contributed by atoms with Crippen molar-refractivity contribution in [2.24, 2.45) is 5.92 Å². The maximum Gasteiger partial charge on any atom is 0.306 e. The molecule has 1 aromatic rings. The molecule has 4 heteroatoms. The second-order valence-corrected chi connectivity index (χ2v) is 6.86. The van der Waals surface area contributed by atoms with Gasteiger partial charge in [-0.15, -0.1) is 0 Å². The van der Waals surface area contributed by atoms with Crippen molar-refractivity contribution in [3.63, 3.8) is 0 Å². The second-order valence-electron chi connectivity index (χ2n) is 6.86. The molecule has 4 nitrogen and oxygen atoms in total. The maximum absolute atomic E-state index is 11.8. The Kier molecular flexibility index (Phi) is 5.68. The Morgan fingerprint density at radius 3 is 2.74 bits per heavy atom. The highest BCUT2D eigenvalue weighted by molar-refractivity contribution is 5.69. The van der Waals surface area contributed by atoms with Gasteiger partial charge in [0, 0.05) is 38.1 Å². The van der Waals surface area contributed by atoms with Gasteiger partial charge in [0.15, 0.2) is 0 Å². The number of carbonyl (C=O) groups is 1. The van der Waals surface area contributed by atoms with Crippen molar-refractivity contribution in [3.8, 4) is 0 Å². The van der Waals surface area contributed by atoms with Gasteiger partial charge in [-0.3, -0.25) is 9.69 Å². The number of esters is 1. The number of benzene rings is 1. The number of rotatable bonds is 7. The quantitative estimate of drug-likeness (QED) is 0.785. The van der Waals surface area contributed by atoms with Crippen LogP contribution in [0.15, 0.2) is 30.3 Å². The SMILES string of the molecule is CCOC(=O)CC1CC(NCc2ccccc2)CN(C2CC2)C1. The van der Waals surface area contributed by atoms with Gasteiger partial charge in [0.2, 0.25) is 0 Å². The minimum atomic E-state index is -0.0445. The lowest BCUT2D eigenvalue weighted by Crippen LogP contribution is -2.50. The van der Waals surface area contributed by atoms with E-state index in [-0.39, 0.29) is 5.97 Å². The molecule has 2 fully saturated rings. The summed E-state index contributed by atoms with van der Waals surface area (Å²) in [4.78, 5) is 14.4. The minimum absolute atomic E-state index is 0.0445. The summed E-state index contributed by atoms with van der Waals surface area (Å²) in [7, 11) is 0. The number of piperidine rings is 1. The van der Waals surface area contributed by atoms with Gasteiger partial charge in [0.1, 0.15) is 0 Å². The summed E-state index contributed by atoms with van der Waals surface area (Å²) in [5, 5.41) is 3.69. The van der Waals surface area contributed by atoms with E-state index in [1.54, 1.807) is 0 Å². The first kappa shape index (κ1) is 16.5. The summed E-state index contributed by atoms with van der Waals surface area (Å²) in [5.41, 5.74) is 1.32. The van der Waals surface area contributed by atoms with Gasteiger partial charge < -0.3 is 10.1 Å². The van der Waals surface area contributed by atoms with E-state index in [1.165, 1.54) is 18.4 Å². The molecular formula is C19H28N2O2. The molecule has 2 aliphatic rings. The Bertz CT molecular complexity index is 501. The summed E-state index contributed by atoms with van der Waals surface area (Å²) < 4.78 is 5.14. The molecule has 2 unspecified atom stereocenters. The van der Waals surface area contributed by atoms with Gasteiger partial charge in [-0.25, -0.2) is 0 Å². The van der Waals surface area contributed by atoms with E-state index in [0.717, 1.165) is 32.1 Å². The molecule has 0 bridgehead atoms. The number of ether oxygens (including phenoxy) is 1. The van der Waals surface area contributed by atoms with Crippen molar-refractivity contribution in [2.75, 3.05) is 19.7 Å². The van der Waals surface area contributed by atoms with E-state index in [1.807, 2.05) is 13.0 Å². The van der Waals surface area contributed by atoms with Crippen LogP contribution in [-0.4, -0.2) is 42.6 Å². The molecule has 0 spiro atoms. The monoisotopic (exact) mass is 316 g/mol. The Labute approximate surface area is 139 Å². The lowest BCUT2D eigenvalue weighted by molar-refractivity contribution is -0.144. The molecule has 1 aliphatic heterocycles. The number of hydrogen-bond acceptors (Lipinski definition) is 4. The first-order valence-electron chi connectivity index (χ1n) is 8.91. The summed E-state index contributed by atoms with van der Waals surface area (Å²) in [6.45, 7) is 5.41. The Morgan fingerprint density at radius 2 is 2.04 bits per heavy atom. The number of hydrogen-bond donors (Lipinski definition) is 1. The van der Waals surface area contributed by atoms with E-state index < -0.39 is 0 Å². The third kappa shape index (κ3) is 5.05. The van der Waals surface area contributed by atoms with Crippen LogP contribution in [0.1, 0.15) is 38.2 Å². The highest BCUT2D eigenvalue weighted by Gasteiger charge is 2.36. The van der Waals surface area contributed by atoms with E-state index in [4.69, 9.17) is 4.74 Å². The van der Waals surface area contributed by atoms with Gasteiger partial charge in [-0.05, 0) is 37.7 Å². The van der Waals surface area contributed by atoms with Crippen LogP contribution >= 0.6 is 0 Å². The van der Waals surface area contributed by atoms with Crippen LogP contribution in [0.4, 0.5) is 0 Å². The van der Waals surface area contributed by atoms with Crippen LogP contribution in [-0.2, 0) is 16.1 Å². The summed E-state index contributed by atoms with van der Waals surface area (Å²) in [6.07, 6.45) is 4.25. The maximum atomic E-state index is 11.8. The summed E-state index contributed by atoms with van der Waals surface area (Å²) >= 11 is 0.